The molecule has 0 bridgehead atoms. The molecule has 8 N–H and O–H groups in total. The number of ether oxygens (including phenoxy) is 8. The topological polar surface area (TPSA) is 271 Å². The van der Waals surface area contributed by atoms with Crippen LogP contribution in [-0.4, -0.2) is 222 Å². The zero-order chi connectivity index (χ0) is 59.6. The number of esters is 2. The van der Waals surface area contributed by atoms with Gasteiger partial charge in [-0.15, -0.1) is 0 Å². The summed E-state index contributed by atoms with van der Waals surface area (Å²) >= 11 is 3.24. The average molecular weight is 1170 g/mol. The molecule has 0 aliphatic carbocycles. The third-order valence-corrected chi connectivity index (χ3v) is 14.3. The van der Waals surface area contributed by atoms with Gasteiger partial charge in [0.2, 0.25) is 11.8 Å². The number of carbonyl (C=O) groups excluding carboxylic acids is 4. The van der Waals surface area contributed by atoms with Crippen LogP contribution < -0.4 is 21.3 Å². The average Bonchev–Trinajstić information content (AvgIpc) is 3.35. The van der Waals surface area contributed by atoms with Crippen LogP contribution in [0, 0.1) is 28.1 Å². The van der Waals surface area contributed by atoms with Crippen molar-refractivity contribution in [1.82, 2.24) is 21.3 Å². The van der Waals surface area contributed by atoms with E-state index in [2.05, 4.69) is 83.6 Å². The van der Waals surface area contributed by atoms with Gasteiger partial charge in [-0.25, -0.2) is 0 Å². The van der Waals surface area contributed by atoms with E-state index >= 15 is 0 Å². The Balaban J connectivity index is 3.88. The quantitative estimate of drug-likeness (QED) is 0.0301. The van der Waals surface area contributed by atoms with Crippen LogP contribution in [0.3, 0.4) is 0 Å². The first kappa shape index (κ1) is 77.1. The number of amides is 2. The summed E-state index contributed by atoms with van der Waals surface area (Å²) in [6, 6.07) is 0. The van der Waals surface area contributed by atoms with Crippen LogP contribution in [-0.2, 0) is 57.1 Å². The lowest BCUT2D eigenvalue weighted by Crippen LogP contribution is -2.37. The monoisotopic (exact) mass is 1170 g/mol. The van der Waals surface area contributed by atoms with Crippen LogP contribution in [0.4, 0.5) is 0 Å². The molecule has 0 aromatic carbocycles. The highest BCUT2D eigenvalue weighted by Gasteiger charge is 2.27. The molecule has 468 valence electrons. The Labute approximate surface area is 484 Å². The number of carbonyl (C=O) groups is 4. The zero-order valence-electron chi connectivity index (χ0n) is 50.9. The number of aliphatic hydroxyl groups is 4. The van der Waals surface area contributed by atoms with Crippen LogP contribution in [0.1, 0.15) is 134 Å². The molecule has 0 saturated heterocycles. The predicted octanol–water partition coefficient (Wildman–Crippen LogP) is 4.78. The second-order valence-corrected chi connectivity index (χ2v) is 26.9. The van der Waals surface area contributed by atoms with Crippen molar-refractivity contribution >= 4 is 47.3 Å². The Bertz CT molecular complexity index is 1550. The van der Waals surface area contributed by atoms with E-state index in [0.29, 0.717) is 102 Å². The summed E-state index contributed by atoms with van der Waals surface area (Å²) in [6.45, 7) is 30.5. The van der Waals surface area contributed by atoms with Crippen molar-refractivity contribution in [2.45, 2.75) is 164 Å². The highest BCUT2D eigenvalue weighted by molar-refractivity contribution is 7.99. The molecule has 0 aliphatic rings. The van der Waals surface area contributed by atoms with E-state index in [1.54, 1.807) is 11.8 Å². The third-order valence-electron chi connectivity index (χ3n) is 12.2. The third kappa shape index (κ3) is 49.3. The van der Waals surface area contributed by atoms with Gasteiger partial charge in [0.1, 0.15) is 24.4 Å². The van der Waals surface area contributed by atoms with E-state index in [1.807, 2.05) is 20.8 Å². The number of aliphatic hydroxyl groups excluding tert-OH is 4. The van der Waals surface area contributed by atoms with Gasteiger partial charge >= 0.3 is 11.9 Å². The summed E-state index contributed by atoms with van der Waals surface area (Å²) in [6.07, 6.45) is 1.49. The molecule has 0 heterocycles. The van der Waals surface area contributed by atoms with Gasteiger partial charge in [0, 0.05) is 75.8 Å². The maximum absolute atomic E-state index is 12.4. The normalized spacial score (nSPS) is 14.8. The largest absolute Gasteiger partial charge is 0.466 e. The Morgan fingerprint density at radius 1 is 0.481 bits per heavy atom. The number of unbranched alkanes of at least 4 members (excludes halogenated alkanes) is 1. The minimum absolute atomic E-state index is 0.00824. The number of hydrogen-bond acceptors (Lipinski definition) is 20. The van der Waals surface area contributed by atoms with E-state index in [9.17, 15) is 39.6 Å². The van der Waals surface area contributed by atoms with Gasteiger partial charge in [-0.3, -0.25) is 19.2 Å². The number of hydrogen-bond donors (Lipinski definition) is 8. The van der Waals surface area contributed by atoms with E-state index in [4.69, 9.17) is 37.9 Å². The fourth-order valence-corrected chi connectivity index (χ4v) is 8.87. The van der Waals surface area contributed by atoms with Crippen LogP contribution in [0.2, 0.25) is 0 Å². The van der Waals surface area contributed by atoms with Crippen molar-refractivity contribution in [3.05, 3.63) is 0 Å². The molecular weight excluding hydrogens is 1060 g/mol. The molecule has 20 nitrogen and oxygen atoms in total. The van der Waals surface area contributed by atoms with Gasteiger partial charge in [-0.2, -0.15) is 23.5 Å². The van der Waals surface area contributed by atoms with E-state index in [1.165, 1.54) is 11.8 Å². The van der Waals surface area contributed by atoms with Gasteiger partial charge in [-0.05, 0) is 80.3 Å². The van der Waals surface area contributed by atoms with Crippen LogP contribution in [0.25, 0.3) is 0 Å². The summed E-state index contributed by atoms with van der Waals surface area (Å²) < 4.78 is 45.2. The molecule has 22 heteroatoms. The van der Waals surface area contributed by atoms with Crippen molar-refractivity contribution in [3.8, 4) is 0 Å². The molecule has 0 saturated carbocycles. The molecule has 0 spiro atoms. The number of thioether (sulfide) groups is 2. The summed E-state index contributed by atoms with van der Waals surface area (Å²) in [5, 5.41) is 52.3. The SMILES string of the molecule is CC(C)(C)COCC(CO)OCC(O)COCC(CCOC(=O)CCCCSCCC(=O)NCCNCCNCCNC(=O)CCSCCC(=O)OCCC(COCC(O)COC(CO)COC(C)(C)C)C(C)(C)C)C(C)(C)C. The van der Waals surface area contributed by atoms with Gasteiger partial charge < -0.3 is 79.6 Å². The molecule has 0 aromatic heterocycles. The Hall–Kier alpha value is -1.90. The van der Waals surface area contributed by atoms with Crippen LogP contribution in [0.15, 0.2) is 0 Å². The maximum atomic E-state index is 12.4. The first-order valence-corrected chi connectivity index (χ1v) is 31.1. The molecule has 0 fully saturated rings. The molecular formula is C57H112N4O16S2. The fourth-order valence-electron chi connectivity index (χ4n) is 7.08. The number of nitrogens with one attached hydrogen (secondary N) is 4. The van der Waals surface area contributed by atoms with Crippen molar-refractivity contribution in [1.29, 1.82) is 0 Å². The van der Waals surface area contributed by atoms with Gasteiger partial charge in [0.15, 0.2) is 0 Å². The molecule has 79 heavy (non-hydrogen) atoms. The molecule has 6 unspecified atom stereocenters. The van der Waals surface area contributed by atoms with Gasteiger partial charge in [0.05, 0.1) is 97.9 Å². The number of rotatable bonds is 50. The van der Waals surface area contributed by atoms with Gasteiger partial charge in [-0.1, -0.05) is 62.3 Å². The maximum Gasteiger partial charge on any atom is 0.306 e. The van der Waals surface area contributed by atoms with Crippen molar-refractivity contribution in [3.63, 3.8) is 0 Å². The zero-order valence-corrected chi connectivity index (χ0v) is 52.5. The minimum Gasteiger partial charge on any atom is -0.466 e. The van der Waals surface area contributed by atoms with Crippen molar-refractivity contribution in [2.75, 3.05) is 148 Å². The smallest absolute Gasteiger partial charge is 0.306 e. The lowest BCUT2D eigenvalue weighted by molar-refractivity contribution is -0.145. The van der Waals surface area contributed by atoms with E-state index in [0.717, 1.165) is 31.7 Å². The molecule has 6 atom stereocenters. The van der Waals surface area contributed by atoms with Crippen molar-refractivity contribution in [2.24, 2.45) is 28.1 Å². The molecule has 0 radical (unpaired) electrons. The summed E-state index contributed by atoms with van der Waals surface area (Å²) in [7, 11) is 0. The Kier molecular flexibility index (Phi) is 44.4. The minimum atomic E-state index is -0.856. The fraction of sp³-hybridized carbons (Fsp3) is 0.930. The van der Waals surface area contributed by atoms with Crippen LogP contribution in [0.5, 0.6) is 0 Å². The first-order valence-electron chi connectivity index (χ1n) is 28.7. The summed E-state index contributed by atoms with van der Waals surface area (Å²) in [5.41, 5.74) is -0.551. The second-order valence-electron chi connectivity index (χ2n) is 24.4. The van der Waals surface area contributed by atoms with E-state index in [-0.39, 0.29) is 123 Å². The molecule has 2 amide bonds. The Morgan fingerprint density at radius 2 is 0.911 bits per heavy atom. The standard InChI is InChI=1S/C57H112N4O16S2/c1-54(2,3)43-72-41-48(33-62)75-39-46(64)37-70-35-44(55(4,5)6)16-27-73-52(68)15-13-14-29-78-30-18-50(66)60-25-23-58-21-22-59-24-26-61-51(67)19-31-79-32-20-53(69)74-28-17-45(56(7,8)9)36-71-38-47(65)40-76-49(34-63)42-77-57(10,11)12/h44-49,58-59,62-65H,13-43H2,1-12H3,(H,60,66)(H,61,67). The lowest BCUT2D eigenvalue weighted by Gasteiger charge is -2.31. The van der Waals surface area contributed by atoms with Crippen molar-refractivity contribution < 1.29 is 77.5 Å². The van der Waals surface area contributed by atoms with E-state index < -0.39 is 24.4 Å². The highest BCUT2D eigenvalue weighted by atomic mass is 32.2. The first-order chi connectivity index (χ1) is 37.1. The van der Waals surface area contributed by atoms with Crippen LogP contribution >= 0.6 is 23.5 Å². The lowest BCUT2D eigenvalue weighted by atomic mass is 9.79. The molecule has 0 rings (SSSR count). The molecule has 0 aromatic rings. The Morgan fingerprint density at radius 3 is 1.35 bits per heavy atom. The summed E-state index contributed by atoms with van der Waals surface area (Å²) in [5.74, 6) is 2.41. The highest BCUT2D eigenvalue weighted by Crippen LogP contribution is 2.30. The summed E-state index contributed by atoms with van der Waals surface area (Å²) in [4.78, 5) is 49.3. The van der Waals surface area contributed by atoms with Gasteiger partial charge in [0.25, 0.3) is 0 Å². The second kappa shape index (κ2) is 45.5. The molecule has 0 aliphatic heterocycles. The predicted molar refractivity (Wildman–Crippen MR) is 314 cm³/mol.